The molecule has 2 aromatic heterocycles. The molecule has 108 valence electrons. The summed E-state index contributed by atoms with van der Waals surface area (Å²) in [6.07, 6.45) is 5.56. The van der Waals surface area contributed by atoms with Gasteiger partial charge in [0.15, 0.2) is 11.5 Å². The average Bonchev–Trinajstić information content (AvgIpc) is 2.97. The summed E-state index contributed by atoms with van der Waals surface area (Å²) in [6.45, 7) is 2.84. The Bertz CT molecular complexity index is 753. The fraction of sp³-hybridized carbons (Fsp3) is 0.200. The largest absolute Gasteiger partial charge is 0.495 e. The number of hydrogen-bond donors (Lipinski definition) is 2. The van der Waals surface area contributed by atoms with E-state index in [2.05, 4.69) is 20.6 Å². The second kappa shape index (κ2) is 5.70. The van der Waals surface area contributed by atoms with Gasteiger partial charge in [0.2, 0.25) is 0 Å². The minimum Gasteiger partial charge on any atom is -0.495 e. The molecule has 6 nitrogen and oxygen atoms in total. The average molecular weight is 283 g/mol. The van der Waals surface area contributed by atoms with Gasteiger partial charge >= 0.3 is 0 Å². The molecule has 0 saturated heterocycles. The van der Waals surface area contributed by atoms with Crippen molar-refractivity contribution in [1.82, 2.24) is 14.4 Å². The molecule has 6 heteroatoms. The zero-order valence-corrected chi connectivity index (χ0v) is 12.0. The molecule has 3 rings (SSSR count). The molecule has 2 heterocycles. The lowest BCUT2D eigenvalue weighted by Gasteiger charge is -2.12. The smallest absolute Gasteiger partial charge is 0.180 e. The van der Waals surface area contributed by atoms with Crippen LogP contribution in [-0.4, -0.2) is 28.0 Å². The lowest BCUT2D eigenvalue weighted by atomic mass is 10.3. The second-order valence-corrected chi connectivity index (χ2v) is 4.49. The van der Waals surface area contributed by atoms with Gasteiger partial charge in [-0.05, 0) is 19.1 Å². The molecule has 0 fully saturated rings. The van der Waals surface area contributed by atoms with Gasteiger partial charge in [-0.1, -0.05) is 12.1 Å². The molecule has 0 unspecified atom stereocenters. The van der Waals surface area contributed by atoms with E-state index in [1.165, 1.54) is 0 Å². The highest BCUT2D eigenvalue weighted by Gasteiger charge is 2.09. The van der Waals surface area contributed by atoms with Crippen LogP contribution in [0.1, 0.15) is 6.92 Å². The van der Waals surface area contributed by atoms with Crippen LogP contribution in [0.3, 0.4) is 0 Å². The molecule has 0 aliphatic heterocycles. The lowest BCUT2D eigenvalue weighted by Crippen LogP contribution is -2.05. The van der Waals surface area contributed by atoms with E-state index < -0.39 is 0 Å². The Morgan fingerprint density at radius 1 is 1.29 bits per heavy atom. The summed E-state index contributed by atoms with van der Waals surface area (Å²) >= 11 is 0. The van der Waals surface area contributed by atoms with Crippen LogP contribution in [0.2, 0.25) is 0 Å². The number of methoxy groups -OCH3 is 1. The molecule has 0 aliphatic carbocycles. The van der Waals surface area contributed by atoms with Crippen LogP contribution >= 0.6 is 0 Å². The van der Waals surface area contributed by atoms with Crippen LogP contribution in [0.15, 0.2) is 42.9 Å². The molecule has 0 atom stereocenters. The van der Waals surface area contributed by atoms with Gasteiger partial charge in [0.1, 0.15) is 11.6 Å². The van der Waals surface area contributed by atoms with E-state index in [-0.39, 0.29) is 0 Å². The highest BCUT2D eigenvalue weighted by molar-refractivity contribution is 5.74. The van der Waals surface area contributed by atoms with Crippen molar-refractivity contribution in [3.05, 3.63) is 42.9 Å². The summed E-state index contributed by atoms with van der Waals surface area (Å²) in [4.78, 5) is 8.91. The van der Waals surface area contributed by atoms with Crippen molar-refractivity contribution in [2.24, 2.45) is 0 Å². The number of hydrogen-bond acceptors (Lipinski definition) is 5. The Kier molecular flexibility index (Phi) is 3.59. The summed E-state index contributed by atoms with van der Waals surface area (Å²) < 4.78 is 7.29. The zero-order chi connectivity index (χ0) is 14.7. The zero-order valence-electron chi connectivity index (χ0n) is 12.0. The van der Waals surface area contributed by atoms with Gasteiger partial charge in [0.25, 0.3) is 0 Å². The molecule has 0 aliphatic rings. The van der Waals surface area contributed by atoms with Crippen molar-refractivity contribution in [3.63, 3.8) is 0 Å². The fourth-order valence-electron chi connectivity index (χ4n) is 2.16. The van der Waals surface area contributed by atoms with Gasteiger partial charge < -0.3 is 19.8 Å². The first-order valence-electron chi connectivity index (χ1n) is 6.79. The maximum atomic E-state index is 5.36. The van der Waals surface area contributed by atoms with E-state index in [0.29, 0.717) is 5.82 Å². The maximum absolute atomic E-state index is 5.36. The summed E-state index contributed by atoms with van der Waals surface area (Å²) in [5, 5.41) is 6.51. The third kappa shape index (κ3) is 2.60. The quantitative estimate of drug-likeness (QED) is 0.754. The van der Waals surface area contributed by atoms with Crippen LogP contribution in [0, 0.1) is 0 Å². The monoisotopic (exact) mass is 283 g/mol. The number of benzene rings is 1. The van der Waals surface area contributed by atoms with E-state index >= 15 is 0 Å². The summed E-state index contributed by atoms with van der Waals surface area (Å²) in [5.41, 5.74) is 1.62. The number of rotatable bonds is 5. The standard InChI is InChI=1S/C15H17N5O/c1-3-16-13-10-20-9-8-17-15(20)14(19-13)18-11-6-4-5-7-12(11)21-2/h4-10,16H,3H2,1-2H3,(H,18,19). The van der Waals surface area contributed by atoms with Gasteiger partial charge in [-0.15, -0.1) is 0 Å². The molecule has 1 aromatic carbocycles. The van der Waals surface area contributed by atoms with Gasteiger partial charge in [0, 0.05) is 18.9 Å². The number of imidazole rings is 1. The SMILES string of the molecule is CCNc1cn2ccnc2c(Nc2ccccc2OC)n1. The number of nitrogens with one attached hydrogen (secondary N) is 2. The maximum Gasteiger partial charge on any atom is 0.180 e. The molecule has 0 bridgehead atoms. The van der Waals surface area contributed by atoms with E-state index in [0.717, 1.165) is 29.4 Å². The van der Waals surface area contributed by atoms with Gasteiger partial charge in [-0.2, -0.15) is 0 Å². The Morgan fingerprint density at radius 3 is 2.95 bits per heavy atom. The van der Waals surface area contributed by atoms with Crippen molar-refractivity contribution in [3.8, 4) is 5.75 Å². The number of fused-ring (bicyclic) bond motifs is 1. The number of nitrogens with zero attached hydrogens (tertiary/aromatic N) is 3. The van der Waals surface area contributed by atoms with Crippen molar-refractivity contribution in [1.29, 1.82) is 0 Å². The van der Waals surface area contributed by atoms with Gasteiger partial charge in [-0.3, -0.25) is 0 Å². The van der Waals surface area contributed by atoms with Crippen molar-refractivity contribution in [2.45, 2.75) is 6.92 Å². The van der Waals surface area contributed by atoms with E-state index in [9.17, 15) is 0 Å². The molecule has 21 heavy (non-hydrogen) atoms. The first-order chi connectivity index (χ1) is 10.3. The van der Waals surface area contributed by atoms with Crippen molar-refractivity contribution < 1.29 is 4.74 Å². The van der Waals surface area contributed by atoms with E-state index in [4.69, 9.17) is 4.74 Å². The summed E-state index contributed by atoms with van der Waals surface area (Å²) in [5.74, 6) is 2.24. The molecule has 0 amide bonds. The van der Waals surface area contributed by atoms with E-state index in [1.807, 2.05) is 48.0 Å². The molecule has 0 saturated carbocycles. The van der Waals surface area contributed by atoms with Crippen LogP contribution in [0.5, 0.6) is 5.75 Å². The Morgan fingerprint density at radius 2 is 2.14 bits per heavy atom. The topological polar surface area (TPSA) is 63.5 Å². The second-order valence-electron chi connectivity index (χ2n) is 4.49. The lowest BCUT2D eigenvalue weighted by molar-refractivity contribution is 0.417. The van der Waals surface area contributed by atoms with Crippen molar-refractivity contribution >= 4 is 23.0 Å². The molecular weight excluding hydrogens is 266 g/mol. The van der Waals surface area contributed by atoms with Gasteiger partial charge in [-0.25, -0.2) is 9.97 Å². The number of para-hydroxylation sites is 2. The van der Waals surface area contributed by atoms with Crippen LogP contribution < -0.4 is 15.4 Å². The Balaban J connectivity index is 2.04. The summed E-state index contributed by atoms with van der Waals surface area (Å²) in [7, 11) is 1.65. The first-order valence-corrected chi connectivity index (χ1v) is 6.79. The third-order valence-electron chi connectivity index (χ3n) is 3.09. The first kappa shape index (κ1) is 13.2. The van der Waals surface area contributed by atoms with Crippen LogP contribution in [0.4, 0.5) is 17.3 Å². The molecular formula is C15H17N5O. The molecule has 0 spiro atoms. The Hall–Kier alpha value is -2.76. The fourth-order valence-corrected chi connectivity index (χ4v) is 2.16. The number of ether oxygens (including phenoxy) is 1. The summed E-state index contributed by atoms with van der Waals surface area (Å²) in [6, 6.07) is 7.72. The number of anilines is 3. The predicted molar refractivity (Wildman–Crippen MR) is 83.4 cm³/mol. The Labute approximate surface area is 122 Å². The highest BCUT2D eigenvalue weighted by Crippen LogP contribution is 2.28. The van der Waals surface area contributed by atoms with Gasteiger partial charge in [0.05, 0.1) is 19.0 Å². The number of aromatic nitrogens is 3. The van der Waals surface area contributed by atoms with Crippen LogP contribution in [-0.2, 0) is 0 Å². The molecule has 2 N–H and O–H groups in total. The highest BCUT2D eigenvalue weighted by atomic mass is 16.5. The minimum absolute atomic E-state index is 0.683. The molecule has 0 radical (unpaired) electrons. The van der Waals surface area contributed by atoms with Crippen molar-refractivity contribution in [2.75, 3.05) is 24.3 Å². The minimum atomic E-state index is 0.683. The third-order valence-corrected chi connectivity index (χ3v) is 3.09. The molecule has 3 aromatic rings. The predicted octanol–water partition coefficient (Wildman–Crippen LogP) is 2.91. The van der Waals surface area contributed by atoms with Crippen LogP contribution in [0.25, 0.3) is 5.65 Å². The normalized spacial score (nSPS) is 10.6. The van der Waals surface area contributed by atoms with E-state index in [1.54, 1.807) is 13.3 Å².